The van der Waals surface area contributed by atoms with Gasteiger partial charge in [-0.15, -0.1) is 0 Å². The smallest absolute Gasteiger partial charge is 0.337 e. The van der Waals surface area contributed by atoms with Gasteiger partial charge in [-0.05, 0) is 59.8 Å². The molecule has 30 heavy (non-hydrogen) atoms. The lowest BCUT2D eigenvalue weighted by Gasteiger charge is -2.12. The molecule has 1 aliphatic heterocycles. The molecule has 156 valence electrons. The molecule has 0 aromatic heterocycles. The molecule has 0 bridgehead atoms. The number of rotatable bonds is 6. The first kappa shape index (κ1) is 21.3. The monoisotopic (exact) mass is 428 g/mol. The van der Waals surface area contributed by atoms with Gasteiger partial charge in [0.1, 0.15) is 0 Å². The number of aliphatic imine (C=N–C) groups is 1. The minimum Gasteiger partial charge on any atom is -0.493 e. The fourth-order valence-electron chi connectivity index (χ4n) is 2.72. The van der Waals surface area contributed by atoms with Crippen LogP contribution >= 0.6 is 11.8 Å². The van der Waals surface area contributed by atoms with Crippen molar-refractivity contribution in [3.63, 3.8) is 0 Å². The van der Waals surface area contributed by atoms with E-state index in [1.165, 1.54) is 40.2 Å². The van der Waals surface area contributed by atoms with Crippen LogP contribution < -0.4 is 19.5 Å². The molecular weight excluding hydrogens is 408 g/mol. The predicted molar refractivity (Wildman–Crippen MR) is 115 cm³/mol. The van der Waals surface area contributed by atoms with E-state index in [1.54, 1.807) is 42.5 Å². The normalized spacial score (nSPS) is 15.8. The Balaban J connectivity index is 1.84. The molecule has 1 fully saturated rings. The Hall–Kier alpha value is -3.46. The summed E-state index contributed by atoms with van der Waals surface area (Å²) in [6, 6.07) is 10.1. The maximum Gasteiger partial charge on any atom is 0.337 e. The van der Waals surface area contributed by atoms with E-state index in [9.17, 15) is 9.59 Å². The fraction of sp³-hybridized carbons (Fsp3) is 0.190. The number of benzene rings is 2. The summed E-state index contributed by atoms with van der Waals surface area (Å²) in [4.78, 5) is 28.7. The number of ether oxygens (including phenoxy) is 4. The zero-order valence-corrected chi connectivity index (χ0v) is 17.7. The number of amidine groups is 1. The Morgan fingerprint density at radius 1 is 1.00 bits per heavy atom. The molecule has 1 aliphatic rings. The largest absolute Gasteiger partial charge is 0.493 e. The van der Waals surface area contributed by atoms with E-state index >= 15 is 0 Å². The molecule has 0 aliphatic carbocycles. The maximum atomic E-state index is 12.4. The number of carbonyl (C=O) groups is 2. The molecule has 3 rings (SSSR count). The third-order valence-corrected chi connectivity index (χ3v) is 5.06. The predicted octanol–water partition coefficient (Wildman–Crippen LogP) is 3.39. The number of nitrogens with one attached hydrogen (secondary N) is 1. The molecule has 0 radical (unpaired) electrons. The highest BCUT2D eigenvalue weighted by Crippen LogP contribution is 2.39. The Morgan fingerprint density at radius 2 is 1.63 bits per heavy atom. The van der Waals surface area contributed by atoms with Crippen molar-refractivity contribution in [1.82, 2.24) is 5.32 Å². The zero-order valence-electron chi connectivity index (χ0n) is 16.8. The van der Waals surface area contributed by atoms with Crippen molar-refractivity contribution in [2.45, 2.75) is 0 Å². The van der Waals surface area contributed by atoms with Crippen molar-refractivity contribution >= 4 is 40.6 Å². The number of thioether (sulfide) groups is 1. The van der Waals surface area contributed by atoms with Crippen LogP contribution in [0.25, 0.3) is 6.08 Å². The van der Waals surface area contributed by atoms with Gasteiger partial charge < -0.3 is 24.3 Å². The van der Waals surface area contributed by atoms with E-state index in [4.69, 9.17) is 14.2 Å². The standard InChI is InChI=1S/C21H20N2O6S/c1-26-15-9-12(10-16(27-2)18(15)28-3)11-17-19(24)23-21(30-17)22-14-7-5-13(6-8-14)20(25)29-4/h5-11H,1-4H3,(H,22,23,24)/b17-11+. The minimum atomic E-state index is -0.423. The Morgan fingerprint density at radius 3 is 2.17 bits per heavy atom. The molecule has 1 N–H and O–H groups in total. The van der Waals surface area contributed by atoms with Gasteiger partial charge in [0.05, 0.1) is 44.6 Å². The van der Waals surface area contributed by atoms with Crippen molar-refractivity contribution < 1.29 is 28.5 Å². The molecule has 0 atom stereocenters. The molecule has 1 heterocycles. The summed E-state index contributed by atoms with van der Waals surface area (Å²) in [7, 11) is 5.91. The molecule has 9 heteroatoms. The van der Waals surface area contributed by atoms with E-state index in [-0.39, 0.29) is 5.91 Å². The van der Waals surface area contributed by atoms with Crippen LogP contribution in [-0.2, 0) is 9.53 Å². The van der Waals surface area contributed by atoms with Crippen molar-refractivity contribution in [3.05, 3.63) is 52.4 Å². The van der Waals surface area contributed by atoms with Crippen LogP contribution in [0.2, 0.25) is 0 Å². The summed E-state index contributed by atoms with van der Waals surface area (Å²) in [6.07, 6.45) is 1.72. The summed E-state index contributed by atoms with van der Waals surface area (Å²) >= 11 is 1.21. The topological polar surface area (TPSA) is 95.5 Å². The minimum absolute atomic E-state index is 0.265. The van der Waals surface area contributed by atoms with Gasteiger partial charge in [-0.3, -0.25) is 4.79 Å². The number of hydrogen-bond donors (Lipinski definition) is 1. The van der Waals surface area contributed by atoms with Gasteiger partial charge in [0.15, 0.2) is 16.7 Å². The fourth-order valence-corrected chi connectivity index (χ4v) is 3.57. The molecule has 2 aromatic carbocycles. The van der Waals surface area contributed by atoms with Crippen molar-refractivity contribution in [1.29, 1.82) is 0 Å². The summed E-state index contributed by atoms with van der Waals surface area (Å²) < 4.78 is 20.7. The molecule has 2 aromatic rings. The van der Waals surface area contributed by atoms with Crippen LogP contribution in [-0.4, -0.2) is 45.5 Å². The average molecular weight is 428 g/mol. The highest BCUT2D eigenvalue weighted by atomic mass is 32.2. The van der Waals surface area contributed by atoms with E-state index in [0.29, 0.717) is 44.1 Å². The molecule has 0 saturated carbocycles. The number of amides is 1. The number of methoxy groups -OCH3 is 4. The first-order valence-electron chi connectivity index (χ1n) is 8.77. The Labute approximate surface area is 177 Å². The molecule has 1 saturated heterocycles. The average Bonchev–Trinajstić information content (AvgIpc) is 3.11. The lowest BCUT2D eigenvalue weighted by molar-refractivity contribution is -0.115. The second-order valence-electron chi connectivity index (χ2n) is 5.98. The van der Waals surface area contributed by atoms with Gasteiger partial charge in [0, 0.05) is 0 Å². The van der Waals surface area contributed by atoms with E-state index in [0.717, 1.165) is 0 Å². The van der Waals surface area contributed by atoms with Crippen LogP contribution in [0, 0.1) is 0 Å². The van der Waals surface area contributed by atoms with E-state index in [1.807, 2.05) is 0 Å². The van der Waals surface area contributed by atoms with Gasteiger partial charge in [-0.1, -0.05) is 0 Å². The third kappa shape index (κ3) is 4.57. The molecule has 1 amide bonds. The quantitative estimate of drug-likeness (QED) is 0.557. The van der Waals surface area contributed by atoms with Crippen molar-refractivity contribution in [2.24, 2.45) is 4.99 Å². The van der Waals surface area contributed by atoms with Gasteiger partial charge in [0.2, 0.25) is 5.75 Å². The first-order chi connectivity index (χ1) is 14.5. The summed E-state index contributed by atoms with van der Waals surface area (Å²) in [5.74, 6) is 0.772. The van der Waals surface area contributed by atoms with Gasteiger partial charge in [0.25, 0.3) is 5.91 Å². The molecule has 0 spiro atoms. The summed E-state index contributed by atoms with van der Waals surface area (Å²) in [6.45, 7) is 0. The van der Waals surface area contributed by atoms with Crippen LogP contribution in [0.1, 0.15) is 15.9 Å². The van der Waals surface area contributed by atoms with E-state index < -0.39 is 5.97 Å². The maximum absolute atomic E-state index is 12.4. The summed E-state index contributed by atoms with van der Waals surface area (Å²) in [5.41, 5.74) is 1.73. The first-order valence-corrected chi connectivity index (χ1v) is 9.58. The van der Waals surface area contributed by atoms with Crippen LogP contribution in [0.5, 0.6) is 17.2 Å². The highest BCUT2D eigenvalue weighted by molar-refractivity contribution is 8.18. The summed E-state index contributed by atoms with van der Waals surface area (Å²) in [5, 5.41) is 3.16. The van der Waals surface area contributed by atoms with Gasteiger partial charge >= 0.3 is 5.97 Å². The number of carbonyl (C=O) groups excluding carboxylic acids is 2. The Bertz CT molecular complexity index is 1010. The van der Waals surface area contributed by atoms with Crippen LogP contribution in [0.3, 0.4) is 0 Å². The van der Waals surface area contributed by atoms with E-state index in [2.05, 4.69) is 15.0 Å². The second kappa shape index (κ2) is 9.36. The molecular formula is C21H20N2O6S. The molecule has 8 nitrogen and oxygen atoms in total. The Kier molecular flexibility index (Phi) is 6.63. The van der Waals surface area contributed by atoms with Crippen LogP contribution in [0.4, 0.5) is 5.69 Å². The van der Waals surface area contributed by atoms with Gasteiger partial charge in [-0.2, -0.15) is 0 Å². The highest BCUT2D eigenvalue weighted by Gasteiger charge is 2.24. The number of esters is 1. The SMILES string of the molecule is COC(=O)c1ccc(N=C2NC(=O)/C(=C\c3cc(OC)c(OC)c(OC)c3)S2)cc1. The third-order valence-electron chi connectivity index (χ3n) is 4.15. The lowest BCUT2D eigenvalue weighted by Crippen LogP contribution is -2.19. The zero-order chi connectivity index (χ0) is 21.7. The van der Waals surface area contributed by atoms with Crippen LogP contribution in [0.15, 0.2) is 46.3 Å². The number of nitrogens with zero attached hydrogens (tertiary/aromatic N) is 1. The second-order valence-corrected chi connectivity index (χ2v) is 7.01. The van der Waals surface area contributed by atoms with Crippen molar-refractivity contribution in [3.8, 4) is 17.2 Å². The molecule has 0 unspecified atom stereocenters. The van der Waals surface area contributed by atoms with Gasteiger partial charge in [-0.25, -0.2) is 9.79 Å². The number of hydrogen-bond acceptors (Lipinski definition) is 8. The van der Waals surface area contributed by atoms with Crippen molar-refractivity contribution in [2.75, 3.05) is 28.4 Å². The lowest BCUT2D eigenvalue weighted by atomic mass is 10.1.